The summed E-state index contributed by atoms with van der Waals surface area (Å²) in [6.45, 7) is 10.1. The molecule has 0 heterocycles. The third-order valence-corrected chi connectivity index (χ3v) is 3.68. The van der Waals surface area contributed by atoms with E-state index < -0.39 is 15.7 Å². The normalized spacial score (nSPS) is 14.1. The van der Waals surface area contributed by atoms with E-state index in [1.807, 2.05) is 20.8 Å². The fourth-order valence-corrected chi connectivity index (χ4v) is 2.49. The van der Waals surface area contributed by atoms with E-state index in [1.165, 1.54) is 0 Å². The van der Waals surface area contributed by atoms with Gasteiger partial charge in [-0.3, -0.25) is 4.74 Å². The van der Waals surface area contributed by atoms with Gasteiger partial charge in [-0.05, 0) is 46.2 Å². The van der Waals surface area contributed by atoms with Gasteiger partial charge in [0, 0.05) is 19.8 Å². The van der Waals surface area contributed by atoms with Gasteiger partial charge in [-0.1, -0.05) is 6.92 Å². The number of ether oxygens (including phenoxy) is 4. The highest BCUT2D eigenvalue weighted by Crippen LogP contribution is 2.26. The quantitative estimate of drug-likeness (QED) is 0.279. The van der Waals surface area contributed by atoms with Crippen LogP contribution in [0, 0.1) is 0 Å². The Morgan fingerprint density at radius 1 is 1.00 bits per heavy atom. The first-order valence-corrected chi connectivity index (χ1v) is 9.59. The van der Waals surface area contributed by atoms with Gasteiger partial charge in [0.15, 0.2) is 9.76 Å². The van der Waals surface area contributed by atoms with Gasteiger partial charge < -0.3 is 24.4 Å². The third-order valence-electron chi connectivity index (χ3n) is 2.82. The van der Waals surface area contributed by atoms with Crippen molar-refractivity contribution in [1.29, 1.82) is 0 Å². The van der Waals surface area contributed by atoms with Crippen molar-refractivity contribution in [2.24, 2.45) is 5.73 Å². The molecule has 0 bridgehead atoms. The second-order valence-electron chi connectivity index (χ2n) is 4.51. The fourth-order valence-electron chi connectivity index (χ4n) is 2.00. The molecule has 1 atom stereocenters. The Labute approximate surface area is 131 Å². The lowest BCUT2D eigenvalue weighted by atomic mass is 10.1. The minimum Gasteiger partial charge on any atom is -0.402 e. The minimum atomic E-state index is -1.21. The zero-order valence-electron chi connectivity index (χ0n) is 14.1. The first kappa shape index (κ1) is 21.0. The topological polar surface area (TPSA) is 72.2 Å². The summed E-state index contributed by atoms with van der Waals surface area (Å²) in [5, 5.41) is 0. The molecule has 0 aromatic carbocycles. The molecule has 0 fully saturated rings. The second-order valence-corrected chi connectivity index (χ2v) is 6.33. The molecule has 0 spiro atoms. The Morgan fingerprint density at radius 3 is 2.14 bits per heavy atom. The Morgan fingerprint density at radius 2 is 1.67 bits per heavy atom. The van der Waals surface area contributed by atoms with Crippen LogP contribution in [-0.4, -0.2) is 55.0 Å². The average Bonchev–Trinajstić information content (AvgIpc) is 2.48. The third kappa shape index (κ3) is 8.25. The molecule has 6 nitrogen and oxygen atoms in total. The second kappa shape index (κ2) is 13.6. The SMILES string of the molecule is CCOC(CCCN)C(OCC)(OCC)OCO[SiH2]CC. The van der Waals surface area contributed by atoms with Gasteiger partial charge >= 0.3 is 5.97 Å². The van der Waals surface area contributed by atoms with Crippen molar-refractivity contribution < 1.29 is 23.4 Å². The summed E-state index contributed by atoms with van der Waals surface area (Å²) in [6.07, 6.45) is 1.22. The zero-order chi connectivity index (χ0) is 16.0. The summed E-state index contributed by atoms with van der Waals surface area (Å²) in [7, 11) is -0.524. The molecule has 0 saturated heterocycles. The van der Waals surface area contributed by atoms with E-state index >= 15 is 0 Å². The molecule has 1 unspecified atom stereocenters. The van der Waals surface area contributed by atoms with Crippen LogP contribution in [0.2, 0.25) is 6.04 Å². The molecule has 0 aromatic rings. The minimum absolute atomic E-state index is 0.173. The highest BCUT2D eigenvalue weighted by atomic mass is 28.2. The van der Waals surface area contributed by atoms with Crippen LogP contribution >= 0.6 is 0 Å². The fraction of sp³-hybridized carbons (Fsp3) is 1.00. The van der Waals surface area contributed by atoms with Crippen molar-refractivity contribution in [1.82, 2.24) is 0 Å². The molecular weight excluding hydrogens is 290 g/mol. The van der Waals surface area contributed by atoms with Crippen LogP contribution in [0.25, 0.3) is 0 Å². The summed E-state index contributed by atoms with van der Waals surface area (Å²) in [6, 6.07) is 1.07. The Hall–Kier alpha value is -0.0231. The van der Waals surface area contributed by atoms with Crippen molar-refractivity contribution in [3.8, 4) is 0 Å². The van der Waals surface area contributed by atoms with Crippen LogP contribution in [0.15, 0.2) is 0 Å². The highest BCUT2D eigenvalue weighted by molar-refractivity contribution is 6.26. The van der Waals surface area contributed by atoms with Crippen molar-refractivity contribution in [3.05, 3.63) is 0 Å². The Kier molecular flexibility index (Phi) is 13.6. The van der Waals surface area contributed by atoms with Gasteiger partial charge in [0.2, 0.25) is 0 Å². The van der Waals surface area contributed by atoms with E-state index in [9.17, 15) is 0 Å². The molecule has 0 amide bonds. The van der Waals surface area contributed by atoms with Crippen LogP contribution < -0.4 is 5.73 Å². The van der Waals surface area contributed by atoms with Crippen LogP contribution in [-0.2, 0) is 23.4 Å². The number of rotatable bonds is 15. The standard InChI is InChI=1S/C14H33NO5Si/c1-5-16-13(10-9-11-15)14(17-6-2,18-7-3)19-12-20-21-8-4/h13H,5-12,15,21H2,1-4H3. The van der Waals surface area contributed by atoms with E-state index in [-0.39, 0.29) is 12.9 Å². The zero-order valence-corrected chi connectivity index (χ0v) is 15.5. The number of hydrogen-bond donors (Lipinski definition) is 1. The molecule has 7 heteroatoms. The van der Waals surface area contributed by atoms with E-state index in [0.29, 0.717) is 26.4 Å². The summed E-state index contributed by atoms with van der Waals surface area (Å²) < 4.78 is 28.7. The largest absolute Gasteiger partial charge is 0.402 e. The maximum Gasteiger partial charge on any atom is 0.312 e. The van der Waals surface area contributed by atoms with Crippen LogP contribution in [0.3, 0.4) is 0 Å². The van der Waals surface area contributed by atoms with Crippen molar-refractivity contribution in [2.75, 3.05) is 33.2 Å². The summed E-state index contributed by atoms with van der Waals surface area (Å²) in [4.78, 5) is 0. The molecule has 128 valence electrons. The summed E-state index contributed by atoms with van der Waals surface area (Å²) in [5.41, 5.74) is 5.61. The van der Waals surface area contributed by atoms with Gasteiger partial charge in [-0.2, -0.15) is 0 Å². The van der Waals surface area contributed by atoms with E-state index in [2.05, 4.69) is 6.92 Å². The molecule has 0 rings (SSSR count). The van der Waals surface area contributed by atoms with E-state index in [0.717, 1.165) is 18.9 Å². The smallest absolute Gasteiger partial charge is 0.312 e. The molecular formula is C14H33NO5Si. The number of hydrogen-bond acceptors (Lipinski definition) is 6. The summed E-state index contributed by atoms with van der Waals surface area (Å²) in [5.74, 6) is -1.21. The first-order valence-electron chi connectivity index (χ1n) is 8.01. The van der Waals surface area contributed by atoms with Crippen molar-refractivity contribution in [2.45, 2.75) is 58.7 Å². The molecule has 0 saturated carbocycles. The van der Waals surface area contributed by atoms with Crippen LogP contribution in [0.4, 0.5) is 0 Å². The van der Waals surface area contributed by atoms with Gasteiger partial charge in [0.1, 0.15) is 12.9 Å². The van der Waals surface area contributed by atoms with E-state index in [4.69, 9.17) is 29.1 Å². The lowest BCUT2D eigenvalue weighted by Crippen LogP contribution is -2.52. The Balaban J connectivity index is 4.88. The van der Waals surface area contributed by atoms with E-state index in [1.54, 1.807) is 0 Å². The van der Waals surface area contributed by atoms with Crippen LogP contribution in [0.5, 0.6) is 0 Å². The molecule has 0 aliphatic carbocycles. The van der Waals surface area contributed by atoms with Gasteiger partial charge in [-0.15, -0.1) is 0 Å². The lowest BCUT2D eigenvalue weighted by molar-refractivity contribution is -0.426. The van der Waals surface area contributed by atoms with Gasteiger partial charge in [0.05, 0.1) is 0 Å². The molecule has 2 N–H and O–H groups in total. The maximum absolute atomic E-state index is 5.83. The number of nitrogens with two attached hydrogens (primary N) is 1. The monoisotopic (exact) mass is 323 g/mol. The summed E-state index contributed by atoms with van der Waals surface area (Å²) >= 11 is 0. The lowest BCUT2D eigenvalue weighted by Gasteiger charge is -2.38. The molecule has 0 aliphatic heterocycles. The predicted molar refractivity (Wildman–Crippen MR) is 85.7 cm³/mol. The Bertz CT molecular complexity index is 227. The molecule has 21 heavy (non-hydrogen) atoms. The molecule has 0 radical (unpaired) electrons. The molecule has 0 aliphatic rings. The van der Waals surface area contributed by atoms with Crippen molar-refractivity contribution in [3.63, 3.8) is 0 Å². The van der Waals surface area contributed by atoms with Crippen molar-refractivity contribution >= 4 is 9.76 Å². The average molecular weight is 324 g/mol. The maximum atomic E-state index is 5.83. The van der Waals surface area contributed by atoms with Gasteiger partial charge in [-0.25, -0.2) is 0 Å². The first-order chi connectivity index (χ1) is 10.2. The van der Waals surface area contributed by atoms with Gasteiger partial charge in [0.25, 0.3) is 0 Å². The highest BCUT2D eigenvalue weighted by Gasteiger charge is 2.43. The van der Waals surface area contributed by atoms with Crippen LogP contribution in [0.1, 0.15) is 40.5 Å². The predicted octanol–water partition coefficient (Wildman–Crippen LogP) is 1.37. The molecule has 0 aromatic heterocycles.